The summed E-state index contributed by atoms with van der Waals surface area (Å²) in [6.45, 7) is 1.68. The minimum atomic E-state index is -0.600. The molecule has 1 N–H and O–H groups in total. The number of benzene rings is 1. The van der Waals surface area contributed by atoms with Gasteiger partial charge in [-0.25, -0.2) is 0 Å². The number of fused-ring (bicyclic) bond motifs is 1. The van der Waals surface area contributed by atoms with Crippen molar-refractivity contribution in [3.05, 3.63) is 46.7 Å². The molecule has 1 aromatic heterocycles. The van der Waals surface area contributed by atoms with Gasteiger partial charge in [0.2, 0.25) is 11.8 Å². The van der Waals surface area contributed by atoms with Crippen molar-refractivity contribution >= 4 is 29.1 Å². The molecule has 1 unspecified atom stereocenters. The van der Waals surface area contributed by atoms with Crippen LogP contribution in [0.15, 0.2) is 30.5 Å². The lowest BCUT2D eigenvalue weighted by Crippen LogP contribution is -2.42. The first-order chi connectivity index (χ1) is 11.6. The lowest BCUT2D eigenvalue weighted by atomic mass is 10.0. The fourth-order valence-electron chi connectivity index (χ4n) is 3.44. The number of rotatable bonds is 2. The number of aromatic amines is 1. The number of hydrogen-bond donors (Lipinski definition) is 1. The number of nitrogens with zero attached hydrogens (tertiary/aromatic N) is 3. The molecule has 1 aromatic carbocycles. The van der Waals surface area contributed by atoms with Crippen molar-refractivity contribution in [3.63, 3.8) is 0 Å². The number of carbonyl (C=O) groups excluding carboxylic acids is 2. The van der Waals surface area contributed by atoms with Crippen LogP contribution < -0.4 is 4.90 Å². The van der Waals surface area contributed by atoms with Gasteiger partial charge in [-0.1, -0.05) is 17.7 Å². The number of anilines is 1. The fourth-order valence-corrected chi connectivity index (χ4v) is 3.62. The molecule has 0 saturated carbocycles. The van der Waals surface area contributed by atoms with Gasteiger partial charge in [-0.3, -0.25) is 14.7 Å². The van der Waals surface area contributed by atoms with Crippen LogP contribution in [0.5, 0.6) is 0 Å². The number of nitrogens with one attached hydrogen (secondary N) is 1. The molecule has 24 heavy (non-hydrogen) atoms. The molecule has 2 aliphatic rings. The highest BCUT2D eigenvalue weighted by molar-refractivity contribution is 6.31. The Morgan fingerprint density at radius 3 is 3.04 bits per heavy atom. The third-order valence-electron chi connectivity index (χ3n) is 4.74. The average Bonchev–Trinajstić information content (AvgIpc) is 3.19. The Hall–Kier alpha value is -2.34. The standard InChI is InChI=1S/C17H17ClN4O2/c18-12-2-1-3-13(8-12)22-7-4-14(17(22)24)16(23)21-6-5-15-11(10-21)9-19-20-15/h1-3,8-9,14H,4-7,10H2,(H,19,20). The molecule has 0 aliphatic carbocycles. The number of halogens is 1. The molecule has 1 saturated heterocycles. The smallest absolute Gasteiger partial charge is 0.239 e. The predicted molar refractivity (Wildman–Crippen MR) is 89.6 cm³/mol. The van der Waals surface area contributed by atoms with Gasteiger partial charge in [0.15, 0.2) is 0 Å². The third kappa shape index (κ3) is 2.57. The van der Waals surface area contributed by atoms with Crippen molar-refractivity contribution in [3.8, 4) is 0 Å². The van der Waals surface area contributed by atoms with Crippen LogP contribution in [0.2, 0.25) is 5.02 Å². The molecule has 124 valence electrons. The highest BCUT2D eigenvalue weighted by Crippen LogP contribution is 2.29. The molecule has 2 amide bonds. The third-order valence-corrected chi connectivity index (χ3v) is 4.97. The van der Waals surface area contributed by atoms with Crippen molar-refractivity contribution < 1.29 is 9.59 Å². The molecule has 0 radical (unpaired) electrons. The molecule has 0 spiro atoms. The van der Waals surface area contributed by atoms with E-state index in [-0.39, 0.29) is 11.8 Å². The Morgan fingerprint density at radius 2 is 2.21 bits per heavy atom. The van der Waals surface area contributed by atoms with Gasteiger partial charge in [0.1, 0.15) is 5.92 Å². The first kappa shape index (κ1) is 15.2. The zero-order chi connectivity index (χ0) is 16.7. The van der Waals surface area contributed by atoms with E-state index in [9.17, 15) is 9.59 Å². The van der Waals surface area contributed by atoms with E-state index in [1.165, 1.54) is 0 Å². The van der Waals surface area contributed by atoms with Crippen molar-refractivity contribution in [2.24, 2.45) is 5.92 Å². The summed E-state index contributed by atoms with van der Waals surface area (Å²) in [5.41, 5.74) is 2.86. The second kappa shape index (κ2) is 5.94. The fraction of sp³-hybridized carbons (Fsp3) is 0.353. The molecule has 0 bridgehead atoms. The van der Waals surface area contributed by atoms with Gasteiger partial charge in [0, 0.05) is 48.0 Å². The summed E-state index contributed by atoms with van der Waals surface area (Å²) < 4.78 is 0. The Balaban J connectivity index is 1.49. The van der Waals surface area contributed by atoms with Gasteiger partial charge < -0.3 is 9.80 Å². The van der Waals surface area contributed by atoms with Gasteiger partial charge in [-0.05, 0) is 24.6 Å². The lowest BCUT2D eigenvalue weighted by molar-refractivity contribution is -0.140. The molecule has 4 rings (SSSR count). The van der Waals surface area contributed by atoms with Crippen LogP contribution in [-0.2, 0) is 22.6 Å². The quantitative estimate of drug-likeness (QED) is 0.847. The van der Waals surface area contributed by atoms with E-state index in [1.807, 2.05) is 12.1 Å². The minimum absolute atomic E-state index is 0.0867. The van der Waals surface area contributed by atoms with Crippen LogP contribution >= 0.6 is 11.6 Å². The van der Waals surface area contributed by atoms with Crippen LogP contribution in [0, 0.1) is 5.92 Å². The second-order valence-electron chi connectivity index (χ2n) is 6.19. The van der Waals surface area contributed by atoms with E-state index in [2.05, 4.69) is 10.2 Å². The normalized spacial score (nSPS) is 20.4. The Morgan fingerprint density at radius 1 is 1.33 bits per heavy atom. The predicted octanol–water partition coefficient (Wildman–Crippen LogP) is 2.00. The first-order valence-corrected chi connectivity index (χ1v) is 8.38. The van der Waals surface area contributed by atoms with Crippen LogP contribution in [0.4, 0.5) is 5.69 Å². The van der Waals surface area contributed by atoms with Gasteiger partial charge >= 0.3 is 0 Å². The zero-order valence-electron chi connectivity index (χ0n) is 13.0. The van der Waals surface area contributed by atoms with E-state index in [0.29, 0.717) is 31.1 Å². The highest BCUT2D eigenvalue weighted by atomic mass is 35.5. The summed E-state index contributed by atoms with van der Waals surface area (Å²) in [6, 6.07) is 7.18. The molecule has 6 nitrogen and oxygen atoms in total. The van der Waals surface area contributed by atoms with Crippen molar-refractivity contribution in [2.75, 3.05) is 18.0 Å². The van der Waals surface area contributed by atoms with E-state index < -0.39 is 5.92 Å². The molecular formula is C17H17ClN4O2. The summed E-state index contributed by atoms with van der Waals surface area (Å²) in [6.07, 6.45) is 3.04. The summed E-state index contributed by atoms with van der Waals surface area (Å²) in [5, 5.41) is 7.56. The Bertz CT molecular complexity index is 803. The van der Waals surface area contributed by atoms with Gasteiger partial charge in [-0.2, -0.15) is 5.10 Å². The van der Waals surface area contributed by atoms with Gasteiger partial charge in [0.25, 0.3) is 0 Å². The van der Waals surface area contributed by atoms with Crippen LogP contribution in [0.3, 0.4) is 0 Å². The molecular weight excluding hydrogens is 328 g/mol. The molecule has 1 fully saturated rings. The molecule has 1 atom stereocenters. The zero-order valence-corrected chi connectivity index (χ0v) is 13.8. The van der Waals surface area contributed by atoms with Crippen LogP contribution in [-0.4, -0.2) is 40.0 Å². The van der Waals surface area contributed by atoms with E-state index in [0.717, 1.165) is 23.4 Å². The topological polar surface area (TPSA) is 69.3 Å². The number of amides is 2. The number of carbonyl (C=O) groups is 2. The maximum atomic E-state index is 12.8. The monoisotopic (exact) mass is 344 g/mol. The number of hydrogen-bond acceptors (Lipinski definition) is 3. The summed E-state index contributed by atoms with van der Waals surface area (Å²) in [7, 11) is 0. The first-order valence-electron chi connectivity index (χ1n) is 8.00. The number of H-pyrrole nitrogens is 1. The van der Waals surface area contributed by atoms with Crippen molar-refractivity contribution in [1.29, 1.82) is 0 Å². The minimum Gasteiger partial charge on any atom is -0.337 e. The molecule has 2 aromatic rings. The summed E-state index contributed by atoms with van der Waals surface area (Å²) >= 11 is 6.01. The van der Waals surface area contributed by atoms with Crippen molar-refractivity contribution in [2.45, 2.75) is 19.4 Å². The van der Waals surface area contributed by atoms with Crippen LogP contribution in [0.25, 0.3) is 0 Å². The highest BCUT2D eigenvalue weighted by Gasteiger charge is 2.40. The van der Waals surface area contributed by atoms with E-state index >= 15 is 0 Å². The average molecular weight is 345 g/mol. The maximum Gasteiger partial charge on any atom is 0.239 e. The molecule has 2 aliphatic heterocycles. The Kier molecular flexibility index (Phi) is 3.76. The largest absolute Gasteiger partial charge is 0.337 e. The summed E-state index contributed by atoms with van der Waals surface area (Å²) in [5.74, 6) is -0.825. The van der Waals surface area contributed by atoms with E-state index in [4.69, 9.17) is 11.6 Å². The molecule has 3 heterocycles. The van der Waals surface area contributed by atoms with Gasteiger partial charge in [0.05, 0.1) is 6.20 Å². The van der Waals surface area contributed by atoms with E-state index in [1.54, 1.807) is 28.1 Å². The maximum absolute atomic E-state index is 12.8. The summed E-state index contributed by atoms with van der Waals surface area (Å²) in [4.78, 5) is 28.9. The number of aromatic nitrogens is 2. The second-order valence-corrected chi connectivity index (χ2v) is 6.63. The lowest BCUT2D eigenvalue weighted by Gasteiger charge is -2.28. The Labute approximate surface area is 144 Å². The molecule has 7 heteroatoms. The van der Waals surface area contributed by atoms with Crippen molar-refractivity contribution in [1.82, 2.24) is 15.1 Å². The van der Waals surface area contributed by atoms with Crippen LogP contribution in [0.1, 0.15) is 17.7 Å². The SMILES string of the molecule is O=C(C1CCN(c2cccc(Cl)c2)C1=O)N1CCc2[nH]ncc2C1. The van der Waals surface area contributed by atoms with Gasteiger partial charge in [-0.15, -0.1) is 0 Å².